The minimum Gasteiger partial charge on any atom is -0.315 e. The minimum absolute atomic E-state index is 0.269. The van der Waals surface area contributed by atoms with Gasteiger partial charge in [0.2, 0.25) is 0 Å². The van der Waals surface area contributed by atoms with Crippen molar-refractivity contribution in [2.24, 2.45) is 0 Å². The molecule has 1 rings (SSSR count). The van der Waals surface area contributed by atoms with Crippen molar-refractivity contribution in [2.75, 3.05) is 13.1 Å². The third-order valence-corrected chi connectivity index (χ3v) is 2.70. The molecule has 0 saturated carbocycles. The van der Waals surface area contributed by atoms with Crippen LogP contribution in [0.15, 0.2) is 30.3 Å². The lowest BCUT2D eigenvalue weighted by Gasteiger charge is -2.08. The fourth-order valence-electron chi connectivity index (χ4n) is 1.28. The average molecular weight is 212 g/mol. The Hall–Kier alpha value is -0.530. The van der Waals surface area contributed by atoms with Crippen molar-refractivity contribution in [3.63, 3.8) is 0 Å². The maximum Gasteiger partial charge on any atom is 0.0458 e. The molecule has 1 aromatic rings. The summed E-state index contributed by atoms with van der Waals surface area (Å²) in [5.74, 6) is 0. The molecule has 0 spiro atoms. The molecule has 1 aromatic carbocycles. The monoisotopic (exact) mass is 211 g/mol. The van der Waals surface area contributed by atoms with Gasteiger partial charge < -0.3 is 5.32 Å². The van der Waals surface area contributed by atoms with E-state index in [9.17, 15) is 0 Å². The second-order valence-electron chi connectivity index (χ2n) is 3.45. The van der Waals surface area contributed by atoms with E-state index in [4.69, 9.17) is 11.6 Å². The van der Waals surface area contributed by atoms with Gasteiger partial charge in [-0.2, -0.15) is 0 Å². The van der Waals surface area contributed by atoms with Crippen LogP contribution in [0.5, 0.6) is 0 Å². The first kappa shape index (κ1) is 11.5. The Kier molecular flexibility index (Phi) is 5.65. The van der Waals surface area contributed by atoms with Crippen LogP contribution in [0.3, 0.4) is 0 Å². The van der Waals surface area contributed by atoms with Crippen molar-refractivity contribution in [1.82, 2.24) is 5.32 Å². The number of halogens is 1. The summed E-state index contributed by atoms with van der Waals surface area (Å²) >= 11 is 5.98. The van der Waals surface area contributed by atoms with E-state index in [1.165, 1.54) is 5.56 Å². The summed E-state index contributed by atoms with van der Waals surface area (Å²) in [6.45, 7) is 4.02. The molecule has 0 fully saturated rings. The number of hydrogen-bond acceptors (Lipinski definition) is 1. The van der Waals surface area contributed by atoms with Crippen LogP contribution in [0.25, 0.3) is 0 Å². The maximum atomic E-state index is 5.98. The highest BCUT2D eigenvalue weighted by atomic mass is 35.5. The van der Waals surface area contributed by atoms with Gasteiger partial charge in [-0.15, -0.1) is 11.6 Å². The normalized spacial score (nSPS) is 12.7. The molecule has 0 aliphatic carbocycles. The number of hydrogen-bond donors (Lipinski definition) is 1. The smallest absolute Gasteiger partial charge is 0.0458 e. The molecule has 0 heterocycles. The third-order valence-electron chi connectivity index (χ3n) is 2.24. The highest BCUT2D eigenvalue weighted by Crippen LogP contribution is 2.00. The Morgan fingerprint density at radius 2 is 2.00 bits per heavy atom. The summed E-state index contributed by atoms with van der Waals surface area (Å²) < 4.78 is 0. The quantitative estimate of drug-likeness (QED) is 0.564. The van der Waals surface area contributed by atoms with Gasteiger partial charge in [0, 0.05) is 11.9 Å². The summed E-state index contributed by atoms with van der Waals surface area (Å²) in [4.78, 5) is 0. The largest absolute Gasteiger partial charge is 0.315 e. The number of alkyl halides is 1. The SMILES string of the molecule is CCC(Cl)CNCCc1ccccc1. The summed E-state index contributed by atoms with van der Waals surface area (Å²) in [7, 11) is 0. The first-order valence-electron chi connectivity index (χ1n) is 5.21. The lowest BCUT2D eigenvalue weighted by Crippen LogP contribution is -2.24. The number of rotatable bonds is 6. The molecule has 0 radical (unpaired) electrons. The topological polar surface area (TPSA) is 12.0 Å². The molecule has 1 N–H and O–H groups in total. The molecule has 0 saturated heterocycles. The lowest BCUT2D eigenvalue weighted by molar-refractivity contribution is 0.646. The van der Waals surface area contributed by atoms with Crippen LogP contribution >= 0.6 is 11.6 Å². The van der Waals surface area contributed by atoms with E-state index < -0.39 is 0 Å². The zero-order valence-corrected chi connectivity index (χ0v) is 9.43. The summed E-state index contributed by atoms with van der Waals surface area (Å²) in [6, 6.07) is 10.5. The molecule has 1 atom stereocenters. The molecule has 2 heteroatoms. The molecule has 0 aliphatic heterocycles. The summed E-state index contributed by atoms with van der Waals surface area (Å²) in [5, 5.41) is 3.62. The highest BCUT2D eigenvalue weighted by Gasteiger charge is 1.99. The van der Waals surface area contributed by atoms with Crippen LogP contribution in [0.4, 0.5) is 0 Å². The summed E-state index contributed by atoms with van der Waals surface area (Å²) in [5.41, 5.74) is 1.38. The van der Waals surface area contributed by atoms with Crippen LogP contribution in [0.2, 0.25) is 0 Å². The van der Waals surface area contributed by atoms with Crippen LogP contribution in [0, 0.1) is 0 Å². The second-order valence-corrected chi connectivity index (χ2v) is 4.06. The molecular formula is C12H18ClN. The van der Waals surface area contributed by atoms with Gasteiger partial charge in [0.15, 0.2) is 0 Å². The second kappa shape index (κ2) is 6.86. The molecule has 1 nitrogen and oxygen atoms in total. The van der Waals surface area contributed by atoms with Crippen molar-refractivity contribution < 1.29 is 0 Å². The van der Waals surface area contributed by atoms with Gasteiger partial charge >= 0.3 is 0 Å². The molecule has 0 aromatic heterocycles. The first-order valence-corrected chi connectivity index (χ1v) is 5.65. The Labute approximate surface area is 91.5 Å². The van der Waals surface area contributed by atoms with Gasteiger partial charge in [0.05, 0.1) is 0 Å². The zero-order valence-electron chi connectivity index (χ0n) is 8.67. The van der Waals surface area contributed by atoms with E-state index in [2.05, 4.69) is 36.5 Å². The van der Waals surface area contributed by atoms with Crippen molar-refractivity contribution in [2.45, 2.75) is 25.1 Å². The number of nitrogens with one attached hydrogen (secondary N) is 1. The minimum atomic E-state index is 0.269. The van der Waals surface area contributed by atoms with E-state index in [1.54, 1.807) is 0 Å². The Balaban J connectivity index is 2.10. The van der Waals surface area contributed by atoms with Crippen LogP contribution < -0.4 is 5.32 Å². The van der Waals surface area contributed by atoms with Gasteiger partial charge in [-0.25, -0.2) is 0 Å². The lowest BCUT2D eigenvalue weighted by atomic mass is 10.1. The van der Waals surface area contributed by atoms with Crippen molar-refractivity contribution in [3.05, 3.63) is 35.9 Å². The van der Waals surface area contributed by atoms with E-state index in [1.807, 2.05) is 6.07 Å². The zero-order chi connectivity index (χ0) is 10.2. The summed E-state index contributed by atoms with van der Waals surface area (Å²) in [6.07, 6.45) is 2.11. The fourth-order valence-corrected chi connectivity index (χ4v) is 1.39. The third kappa shape index (κ3) is 4.64. The standard InChI is InChI=1S/C12H18ClN/c1-2-12(13)10-14-9-8-11-6-4-3-5-7-11/h3-7,12,14H,2,8-10H2,1H3. The average Bonchev–Trinajstić information content (AvgIpc) is 2.25. The fraction of sp³-hybridized carbons (Fsp3) is 0.500. The van der Waals surface area contributed by atoms with Crippen molar-refractivity contribution in [3.8, 4) is 0 Å². The molecular weight excluding hydrogens is 194 g/mol. The Bertz CT molecular complexity index is 235. The molecule has 78 valence electrons. The van der Waals surface area contributed by atoms with Gasteiger partial charge in [-0.3, -0.25) is 0 Å². The van der Waals surface area contributed by atoms with E-state index in [-0.39, 0.29) is 5.38 Å². The van der Waals surface area contributed by atoms with E-state index in [0.717, 1.165) is 25.9 Å². The van der Waals surface area contributed by atoms with Gasteiger partial charge in [-0.1, -0.05) is 37.3 Å². The van der Waals surface area contributed by atoms with Gasteiger partial charge in [-0.05, 0) is 24.9 Å². The van der Waals surface area contributed by atoms with Crippen LogP contribution in [-0.2, 0) is 6.42 Å². The predicted molar refractivity (Wildman–Crippen MR) is 62.9 cm³/mol. The van der Waals surface area contributed by atoms with E-state index in [0.29, 0.717) is 0 Å². The van der Waals surface area contributed by atoms with Crippen molar-refractivity contribution in [1.29, 1.82) is 0 Å². The molecule has 1 unspecified atom stereocenters. The van der Waals surface area contributed by atoms with Gasteiger partial charge in [0.25, 0.3) is 0 Å². The first-order chi connectivity index (χ1) is 6.83. The van der Waals surface area contributed by atoms with Crippen molar-refractivity contribution >= 4 is 11.6 Å². The van der Waals surface area contributed by atoms with E-state index >= 15 is 0 Å². The molecule has 0 amide bonds. The molecule has 0 bridgehead atoms. The maximum absolute atomic E-state index is 5.98. The predicted octanol–water partition coefficient (Wildman–Crippen LogP) is 2.84. The van der Waals surface area contributed by atoms with Crippen LogP contribution in [-0.4, -0.2) is 18.5 Å². The molecule has 14 heavy (non-hydrogen) atoms. The Morgan fingerprint density at radius 1 is 1.29 bits per heavy atom. The Morgan fingerprint density at radius 3 is 2.64 bits per heavy atom. The van der Waals surface area contributed by atoms with Gasteiger partial charge in [0.1, 0.15) is 0 Å². The molecule has 0 aliphatic rings. The van der Waals surface area contributed by atoms with Crippen LogP contribution in [0.1, 0.15) is 18.9 Å². The highest BCUT2D eigenvalue weighted by molar-refractivity contribution is 6.20. The number of benzene rings is 1.